The fraction of sp³-hybridized carbons (Fsp3) is 0.625. The molecule has 2 nitrogen and oxygen atoms in total. The highest BCUT2D eigenvalue weighted by molar-refractivity contribution is 5.18. The van der Waals surface area contributed by atoms with Crippen LogP contribution in [0.25, 0.3) is 0 Å². The summed E-state index contributed by atoms with van der Waals surface area (Å²) in [4.78, 5) is 2.63. The highest BCUT2D eigenvalue weighted by Gasteiger charge is 2.26. The monoisotopic (exact) mass is 246 g/mol. The zero-order chi connectivity index (χ0) is 13.0. The molecule has 1 saturated heterocycles. The zero-order valence-corrected chi connectivity index (χ0v) is 11.7. The number of nitrogens with two attached hydrogens (primary N) is 1. The van der Waals surface area contributed by atoms with E-state index in [2.05, 4.69) is 43.0 Å². The summed E-state index contributed by atoms with van der Waals surface area (Å²) in [6.07, 6.45) is 3.77. The van der Waals surface area contributed by atoms with Crippen LogP contribution >= 0.6 is 0 Å². The van der Waals surface area contributed by atoms with Gasteiger partial charge >= 0.3 is 0 Å². The van der Waals surface area contributed by atoms with Crippen molar-refractivity contribution in [2.24, 2.45) is 11.7 Å². The Bertz CT molecular complexity index is 347. The van der Waals surface area contributed by atoms with E-state index in [9.17, 15) is 0 Å². The summed E-state index contributed by atoms with van der Waals surface area (Å²) in [5.41, 5.74) is 7.53. The van der Waals surface area contributed by atoms with Crippen LogP contribution in [0.1, 0.15) is 44.7 Å². The molecule has 1 heterocycles. The summed E-state index contributed by atoms with van der Waals surface area (Å²) in [7, 11) is 0. The van der Waals surface area contributed by atoms with Crippen molar-refractivity contribution in [1.29, 1.82) is 0 Å². The largest absolute Gasteiger partial charge is 0.324 e. The van der Waals surface area contributed by atoms with E-state index in [1.54, 1.807) is 0 Å². The first-order valence-corrected chi connectivity index (χ1v) is 7.23. The SMILES string of the molecule is CC(C)C1CCCN1CCC(N)c1ccccc1. The van der Waals surface area contributed by atoms with Crippen molar-refractivity contribution < 1.29 is 0 Å². The number of likely N-dealkylation sites (tertiary alicyclic amines) is 1. The van der Waals surface area contributed by atoms with Gasteiger partial charge in [-0.25, -0.2) is 0 Å². The Morgan fingerprint density at radius 3 is 2.67 bits per heavy atom. The first-order valence-electron chi connectivity index (χ1n) is 7.23. The van der Waals surface area contributed by atoms with Crippen molar-refractivity contribution in [3.05, 3.63) is 35.9 Å². The highest BCUT2D eigenvalue weighted by atomic mass is 15.2. The average molecular weight is 246 g/mol. The van der Waals surface area contributed by atoms with Gasteiger partial charge in [-0.15, -0.1) is 0 Å². The number of benzene rings is 1. The number of nitrogens with zero attached hydrogens (tertiary/aromatic N) is 1. The molecule has 0 radical (unpaired) electrons. The molecule has 1 aliphatic rings. The van der Waals surface area contributed by atoms with E-state index in [0.29, 0.717) is 0 Å². The van der Waals surface area contributed by atoms with E-state index in [1.807, 2.05) is 6.07 Å². The van der Waals surface area contributed by atoms with Crippen LogP contribution in [-0.2, 0) is 0 Å². The lowest BCUT2D eigenvalue weighted by Crippen LogP contribution is -2.35. The van der Waals surface area contributed by atoms with Crippen LogP contribution in [0.4, 0.5) is 0 Å². The molecule has 2 rings (SSSR count). The quantitative estimate of drug-likeness (QED) is 0.864. The van der Waals surface area contributed by atoms with E-state index in [-0.39, 0.29) is 6.04 Å². The highest BCUT2D eigenvalue weighted by Crippen LogP contribution is 2.25. The Morgan fingerprint density at radius 1 is 1.28 bits per heavy atom. The molecule has 0 aliphatic carbocycles. The maximum atomic E-state index is 6.27. The predicted octanol–water partition coefficient (Wildman–Crippen LogP) is 3.20. The fourth-order valence-electron chi connectivity index (χ4n) is 3.06. The van der Waals surface area contributed by atoms with Crippen LogP contribution in [0.15, 0.2) is 30.3 Å². The standard InChI is InChI=1S/C16H26N2/c1-13(2)16-9-6-11-18(16)12-10-15(17)14-7-4-3-5-8-14/h3-5,7-8,13,15-16H,6,9-12,17H2,1-2H3. The second kappa shape index (κ2) is 6.35. The van der Waals surface area contributed by atoms with Gasteiger partial charge in [-0.2, -0.15) is 0 Å². The van der Waals surface area contributed by atoms with Gasteiger partial charge in [0.1, 0.15) is 0 Å². The molecule has 2 atom stereocenters. The molecule has 2 unspecified atom stereocenters. The van der Waals surface area contributed by atoms with Crippen molar-refractivity contribution >= 4 is 0 Å². The minimum atomic E-state index is 0.180. The van der Waals surface area contributed by atoms with Crippen LogP contribution < -0.4 is 5.73 Å². The summed E-state index contributed by atoms with van der Waals surface area (Å²) in [5, 5.41) is 0. The molecule has 2 N–H and O–H groups in total. The molecular weight excluding hydrogens is 220 g/mol. The summed E-state index contributed by atoms with van der Waals surface area (Å²) in [6, 6.07) is 11.4. The molecule has 1 aliphatic heterocycles. The molecule has 0 spiro atoms. The van der Waals surface area contributed by atoms with E-state index in [0.717, 1.165) is 24.9 Å². The van der Waals surface area contributed by atoms with E-state index in [4.69, 9.17) is 5.73 Å². The molecule has 1 aromatic carbocycles. The van der Waals surface area contributed by atoms with Gasteiger partial charge in [0.15, 0.2) is 0 Å². The maximum absolute atomic E-state index is 6.27. The van der Waals surface area contributed by atoms with Crippen molar-refractivity contribution in [3.63, 3.8) is 0 Å². The molecule has 0 amide bonds. The van der Waals surface area contributed by atoms with Crippen molar-refractivity contribution in [3.8, 4) is 0 Å². The van der Waals surface area contributed by atoms with Crippen LogP contribution in [-0.4, -0.2) is 24.0 Å². The second-order valence-corrected chi connectivity index (χ2v) is 5.80. The minimum absolute atomic E-state index is 0.180. The Hall–Kier alpha value is -0.860. The smallest absolute Gasteiger partial charge is 0.0307 e. The minimum Gasteiger partial charge on any atom is -0.324 e. The Balaban J connectivity index is 1.84. The normalized spacial score (nSPS) is 22.6. The summed E-state index contributed by atoms with van der Waals surface area (Å²) >= 11 is 0. The topological polar surface area (TPSA) is 29.3 Å². The van der Waals surface area contributed by atoms with Crippen LogP contribution in [0.2, 0.25) is 0 Å². The van der Waals surface area contributed by atoms with Gasteiger partial charge in [0, 0.05) is 18.6 Å². The molecule has 100 valence electrons. The zero-order valence-electron chi connectivity index (χ0n) is 11.7. The lowest BCUT2D eigenvalue weighted by atomic mass is 10.0. The van der Waals surface area contributed by atoms with Gasteiger partial charge in [-0.1, -0.05) is 44.2 Å². The van der Waals surface area contributed by atoms with Crippen molar-refractivity contribution in [2.45, 2.75) is 45.2 Å². The summed E-state index contributed by atoms with van der Waals surface area (Å²) < 4.78 is 0. The summed E-state index contributed by atoms with van der Waals surface area (Å²) in [6.45, 7) is 7.06. The predicted molar refractivity (Wildman–Crippen MR) is 77.4 cm³/mol. The molecule has 1 aromatic rings. The summed E-state index contributed by atoms with van der Waals surface area (Å²) in [5.74, 6) is 0.764. The van der Waals surface area contributed by atoms with Gasteiger partial charge in [0.25, 0.3) is 0 Å². The molecule has 18 heavy (non-hydrogen) atoms. The Kier molecular flexibility index (Phi) is 4.79. The molecule has 1 fully saturated rings. The molecule has 0 aromatic heterocycles. The number of hydrogen-bond donors (Lipinski definition) is 1. The second-order valence-electron chi connectivity index (χ2n) is 5.80. The first kappa shape index (κ1) is 13.6. The van der Waals surface area contributed by atoms with Gasteiger partial charge < -0.3 is 10.6 Å². The fourth-order valence-corrected chi connectivity index (χ4v) is 3.06. The lowest BCUT2D eigenvalue weighted by molar-refractivity contribution is 0.200. The lowest BCUT2D eigenvalue weighted by Gasteiger charge is -2.28. The van der Waals surface area contributed by atoms with Gasteiger partial charge in [-0.05, 0) is 37.3 Å². The van der Waals surface area contributed by atoms with E-state index in [1.165, 1.54) is 24.9 Å². The van der Waals surface area contributed by atoms with Crippen LogP contribution in [0.3, 0.4) is 0 Å². The van der Waals surface area contributed by atoms with Crippen molar-refractivity contribution in [2.75, 3.05) is 13.1 Å². The third-order valence-corrected chi connectivity index (χ3v) is 4.14. The number of hydrogen-bond acceptors (Lipinski definition) is 2. The number of rotatable bonds is 5. The Morgan fingerprint density at radius 2 is 2.00 bits per heavy atom. The maximum Gasteiger partial charge on any atom is 0.0307 e. The Labute approximate surface area is 111 Å². The van der Waals surface area contributed by atoms with Crippen LogP contribution in [0, 0.1) is 5.92 Å². The molecular formula is C16H26N2. The first-order chi connectivity index (χ1) is 8.68. The van der Waals surface area contributed by atoms with Gasteiger partial charge in [0.2, 0.25) is 0 Å². The third kappa shape index (κ3) is 3.33. The molecule has 0 bridgehead atoms. The van der Waals surface area contributed by atoms with Gasteiger partial charge in [0.05, 0.1) is 0 Å². The molecule has 0 saturated carbocycles. The van der Waals surface area contributed by atoms with Crippen molar-refractivity contribution in [1.82, 2.24) is 4.90 Å². The molecule has 2 heteroatoms. The average Bonchev–Trinajstić information content (AvgIpc) is 2.85. The van der Waals surface area contributed by atoms with Gasteiger partial charge in [-0.3, -0.25) is 0 Å². The van der Waals surface area contributed by atoms with Crippen LogP contribution in [0.5, 0.6) is 0 Å². The third-order valence-electron chi connectivity index (χ3n) is 4.14. The van der Waals surface area contributed by atoms with E-state index < -0.39 is 0 Å². The van der Waals surface area contributed by atoms with E-state index >= 15 is 0 Å².